The Balaban J connectivity index is 2.29. The number of nitrogens with zero attached hydrogens (tertiary/aromatic N) is 1. The summed E-state index contributed by atoms with van der Waals surface area (Å²) in [6.45, 7) is 0. The van der Waals surface area contributed by atoms with Crippen LogP contribution in [0.15, 0.2) is 24.5 Å². The first kappa shape index (κ1) is 13.1. The number of aliphatic hydroxyl groups is 1. The van der Waals surface area contributed by atoms with Crippen LogP contribution in [0.25, 0.3) is 0 Å². The molecule has 16 heavy (non-hydrogen) atoms. The van der Waals surface area contributed by atoms with Gasteiger partial charge < -0.3 is 5.11 Å². The molecule has 0 saturated heterocycles. The lowest BCUT2D eigenvalue weighted by Crippen LogP contribution is -2.13. The Morgan fingerprint density at radius 2 is 2.00 bits per heavy atom. The van der Waals surface area contributed by atoms with Gasteiger partial charge in [-0.25, -0.2) is 8.42 Å². The van der Waals surface area contributed by atoms with Crippen LogP contribution in [0.4, 0.5) is 0 Å². The maximum absolute atomic E-state index is 10.9. The Kier molecular flexibility index (Phi) is 4.89. The third-order valence-corrected chi connectivity index (χ3v) is 3.30. The molecule has 0 aliphatic heterocycles. The highest BCUT2D eigenvalue weighted by Crippen LogP contribution is 2.07. The Morgan fingerprint density at radius 1 is 1.38 bits per heavy atom. The van der Waals surface area contributed by atoms with E-state index in [1.807, 2.05) is 12.1 Å². The number of aliphatic hydroxyl groups excluding tert-OH is 1. The van der Waals surface area contributed by atoms with Gasteiger partial charge >= 0.3 is 0 Å². The van der Waals surface area contributed by atoms with Gasteiger partial charge in [0.05, 0.1) is 6.10 Å². The van der Waals surface area contributed by atoms with Gasteiger partial charge in [0.15, 0.2) is 0 Å². The van der Waals surface area contributed by atoms with Gasteiger partial charge in [-0.3, -0.25) is 4.98 Å². The normalized spacial score (nSPS) is 13.6. The van der Waals surface area contributed by atoms with Crippen molar-refractivity contribution in [2.24, 2.45) is 0 Å². The van der Waals surface area contributed by atoms with Gasteiger partial charge in [-0.2, -0.15) is 0 Å². The molecule has 0 fully saturated rings. The SMILES string of the molecule is CS(=O)(=O)CCCC(O)Cc1ccncc1. The van der Waals surface area contributed by atoms with Gasteiger partial charge in [0.1, 0.15) is 9.84 Å². The highest BCUT2D eigenvalue weighted by Gasteiger charge is 2.08. The topological polar surface area (TPSA) is 67.3 Å². The third-order valence-electron chi connectivity index (χ3n) is 2.27. The maximum Gasteiger partial charge on any atom is 0.147 e. The van der Waals surface area contributed by atoms with Gasteiger partial charge in [-0.1, -0.05) is 0 Å². The van der Waals surface area contributed by atoms with Crippen molar-refractivity contribution in [3.8, 4) is 0 Å². The maximum atomic E-state index is 10.9. The third kappa shape index (κ3) is 5.82. The summed E-state index contributed by atoms with van der Waals surface area (Å²) in [5.74, 6) is 0.139. The summed E-state index contributed by atoms with van der Waals surface area (Å²) in [4.78, 5) is 3.89. The van der Waals surface area contributed by atoms with Crippen LogP contribution in [0, 0.1) is 0 Å². The molecule has 5 heteroatoms. The summed E-state index contributed by atoms with van der Waals surface area (Å²) >= 11 is 0. The van der Waals surface area contributed by atoms with E-state index in [1.165, 1.54) is 6.26 Å². The molecule has 1 atom stereocenters. The van der Waals surface area contributed by atoms with E-state index in [4.69, 9.17) is 0 Å². The predicted octanol–water partition coefficient (Wildman–Crippen LogP) is 0.810. The molecule has 0 aliphatic carbocycles. The van der Waals surface area contributed by atoms with Crippen LogP contribution in [0.5, 0.6) is 0 Å². The highest BCUT2D eigenvalue weighted by atomic mass is 32.2. The van der Waals surface area contributed by atoms with Crippen molar-refractivity contribution in [3.05, 3.63) is 30.1 Å². The van der Waals surface area contributed by atoms with Gasteiger partial charge in [0.2, 0.25) is 0 Å². The molecule has 90 valence electrons. The van der Waals surface area contributed by atoms with E-state index in [0.29, 0.717) is 19.3 Å². The molecule has 1 rings (SSSR count). The zero-order valence-electron chi connectivity index (χ0n) is 9.33. The first-order valence-electron chi connectivity index (χ1n) is 5.22. The predicted molar refractivity (Wildman–Crippen MR) is 62.9 cm³/mol. The van der Waals surface area contributed by atoms with Crippen LogP contribution in [0.2, 0.25) is 0 Å². The van der Waals surface area contributed by atoms with Crippen molar-refractivity contribution < 1.29 is 13.5 Å². The number of aromatic nitrogens is 1. The summed E-state index contributed by atoms with van der Waals surface area (Å²) in [6.07, 6.45) is 5.65. The molecular weight excluding hydrogens is 226 g/mol. The summed E-state index contributed by atoms with van der Waals surface area (Å²) in [6, 6.07) is 3.69. The van der Waals surface area contributed by atoms with Crippen molar-refractivity contribution in [3.63, 3.8) is 0 Å². The molecule has 0 radical (unpaired) electrons. The second kappa shape index (κ2) is 5.96. The molecule has 0 saturated carbocycles. The summed E-state index contributed by atoms with van der Waals surface area (Å²) in [7, 11) is -2.91. The molecule has 1 aromatic rings. The van der Waals surface area contributed by atoms with E-state index in [1.54, 1.807) is 12.4 Å². The van der Waals surface area contributed by atoms with E-state index in [-0.39, 0.29) is 5.75 Å². The molecule has 1 N–H and O–H groups in total. The number of sulfone groups is 1. The molecule has 0 aliphatic rings. The van der Waals surface area contributed by atoms with Crippen molar-refractivity contribution in [2.45, 2.75) is 25.4 Å². The fourth-order valence-electron chi connectivity index (χ4n) is 1.47. The number of hydrogen-bond acceptors (Lipinski definition) is 4. The Hall–Kier alpha value is -0.940. The molecule has 1 heterocycles. The lowest BCUT2D eigenvalue weighted by atomic mass is 10.1. The van der Waals surface area contributed by atoms with Crippen molar-refractivity contribution in [1.29, 1.82) is 0 Å². The molecule has 1 unspecified atom stereocenters. The van der Waals surface area contributed by atoms with Crippen molar-refractivity contribution >= 4 is 9.84 Å². The molecule has 4 nitrogen and oxygen atoms in total. The second-order valence-electron chi connectivity index (χ2n) is 3.99. The lowest BCUT2D eigenvalue weighted by Gasteiger charge is -2.09. The second-order valence-corrected chi connectivity index (χ2v) is 6.25. The molecular formula is C11H17NO3S. The van der Waals surface area contributed by atoms with Crippen LogP contribution >= 0.6 is 0 Å². The Bertz CT molecular complexity index is 402. The quantitative estimate of drug-likeness (QED) is 0.803. The van der Waals surface area contributed by atoms with Gasteiger partial charge in [-0.05, 0) is 37.0 Å². The number of rotatable bonds is 6. The smallest absolute Gasteiger partial charge is 0.147 e. The van der Waals surface area contributed by atoms with Crippen molar-refractivity contribution in [1.82, 2.24) is 4.98 Å². The number of pyridine rings is 1. The first-order chi connectivity index (χ1) is 7.47. The first-order valence-corrected chi connectivity index (χ1v) is 7.28. The van der Waals surface area contributed by atoms with Crippen LogP contribution < -0.4 is 0 Å². The van der Waals surface area contributed by atoms with E-state index < -0.39 is 15.9 Å². The molecule has 0 amide bonds. The molecule has 1 aromatic heterocycles. The van der Waals surface area contributed by atoms with Crippen molar-refractivity contribution in [2.75, 3.05) is 12.0 Å². The van der Waals surface area contributed by atoms with E-state index in [9.17, 15) is 13.5 Å². The zero-order valence-corrected chi connectivity index (χ0v) is 10.2. The van der Waals surface area contributed by atoms with E-state index >= 15 is 0 Å². The summed E-state index contributed by atoms with van der Waals surface area (Å²) < 4.78 is 21.8. The Morgan fingerprint density at radius 3 is 2.56 bits per heavy atom. The van der Waals surface area contributed by atoms with Gasteiger partial charge in [-0.15, -0.1) is 0 Å². The van der Waals surface area contributed by atoms with Gasteiger partial charge in [0.25, 0.3) is 0 Å². The van der Waals surface area contributed by atoms with E-state index in [0.717, 1.165) is 5.56 Å². The van der Waals surface area contributed by atoms with Crippen LogP contribution in [-0.2, 0) is 16.3 Å². The fraction of sp³-hybridized carbons (Fsp3) is 0.545. The highest BCUT2D eigenvalue weighted by molar-refractivity contribution is 7.90. The van der Waals surface area contributed by atoms with Crippen LogP contribution in [-0.4, -0.2) is 36.6 Å². The molecule has 0 aromatic carbocycles. The fourth-order valence-corrected chi connectivity index (χ4v) is 2.17. The average molecular weight is 243 g/mol. The largest absolute Gasteiger partial charge is 0.393 e. The zero-order chi connectivity index (χ0) is 12.0. The minimum absolute atomic E-state index is 0.139. The average Bonchev–Trinajstić information content (AvgIpc) is 2.17. The molecule has 0 spiro atoms. The summed E-state index contributed by atoms with van der Waals surface area (Å²) in [5.41, 5.74) is 1.02. The standard InChI is InChI=1S/C11H17NO3S/c1-16(14,15)8-2-3-11(13)9-10-4-6-12-7-5-10/h4-7,11,13H,2-3,8-9H2,1H3. The monoisotopic (exact) mass is 243 g/mol. The van der Waals surface area contributed by atoms with Crippen LogP contribution in [0.1, 0.15) is 18.4 Å². The summed E-state index contributed by atoms with van der Waals surface area (Å²) in [5, 5.41) is 9.68. The molecule has 0 bridgehead atoms. The number of hydrogen-bond donors (Lipinski definition) is 1. The Labute approximate surface area is 96.3 Å². The van der Waals surface area contributed by atoms with Crippen LogP contribution in [0.3, 0.4) is 0 Å². The minimum atomic E-state index is -2.91. The van der Waals surface area contributed by atoms with Gasteiger partial charge in [0, 0.05) is 24.4 Å². The lowest BCUT2D eigenvalue weighted by molar-refractivity contribution is 0.164. The van der Waals surface area contributed by atoms with E-state index in [2.05, 4.69) is 4.98 Å². The minimum Gasteiger partial charge on any atom is -0.393 e.